The number of amides is 2. The largest absolute Gasteiger partial charge is 0.325 e. The number of hydrogen-bond acceptors (Lipinski definition) is 3. The molecule has 0 atom stereocenters. The van der Waals surface area contributed by atoms with Crippen LogP contribution in [0.4, 0.5) is 11.4 Å². The van der Waals surface area contributed by atoms with E-state index in [-0.39, 0.29) is 11.8 Å². The van der Waals surface area contributed by atoms with Crippen molar-refractivity contribution in [3.05, 3.63) is 88.9 Å². The van der Waals surface area contributed by atoms with E-state index in [1.165, 1.54) is 11.8 Å². The molecule has 0 unspecified atom stereocenters. The first kappa shape index (κ1) is 20.0. The number of carbonyl (C=O) groups excluding carboxylic acids is 2. The molecule has 3 rings (SSSR count). The van der Waals surface area contributed by atoms with Crippen molar-refractivity contribution in [3.8, 4) is 0 Å². The number of anilines is 2. The minimum atomic E-state index is -0.222. The van der Waals surface area contributed by atoms with Gasteiger partial charge in [0.1, 0.15) is 0 Å². The van der Waals surface area contributed by atoms with E-state index < -0.39 is 0 Å². The number of aryl methyl sites for hydroxylation is 1. The Morgan fingerprint density at radius 1 is 0.893 bits per heavy atom. The van der Waals surface area contributed by atoms with Gasteiger partial charge in [-0.3, -0.25) is 9.59 Å². The van der Waals surface area contributed by atoms with Gasteiger partial charge in [-0.15, -0.1) is 11.8 Å². The third-order valence-electron chi connectivity index (χ3n) is 3.87. The van der Waals surface area contributed by atoms with Crippen LogP contribution in [0.3, 0.4) is 0 Å². The predicted octanol–water partition coefficient (Wildman–Crippen LogP) is 5.63. The summed E-state index contributed by atoms with van der Waals surface area (Å²) in [5.74, 6) is 0.0247. The summed E-state index contributed by atoms with van der Waals surface area (Å²) in [5.41, 5.74) is 3.07. The molecule has 0 fully saturated rings. The second-order valence-corrected chi connectivity index (χ2v) is 7.68. The third kappa shape index (κ3) is 5.87. The molecule has 4 nitrogen and oxygen atoms in total. The highest BCUT2D eigenvalue weighted by Crippen LogP contribution is 2.21. The van der Waals surface area contributed by atoms with E-state index in [0.29, 0.717) is 22.0 Å². The molecular weight excluding hydrogens is 392 g/mol. The highest BCUT2D eigenvalue weighted by Gasteiger charge is 2.07. The summed E-state index contributed by atoms with van der Waals surface area (Å²) in [4.78, 5) is 25.3. The lowest BCUT2D eigenvalue weighted by Gasteiger charge is -2.08. The van der Waals surface area contributed by atoms with E-state index in [9.17, 15) is 9.59 Å². The van der Waals surface area contributed by atoms with E-state index in [1.54, 1.807) is 24.3 Å². The van der Waals surface area contributed by atoms with Gasteiger partial charge in [0.05, 0.1) is 5.75 Å². The van der Waals surface area contributed by atoms with E-state index in [4.69, 9.17) is 11.6 Å². The number of carbonyl (C=O) groups is 2. The van der Waals surface area contributed by atoms with Gasteiger partial charge < -0.3 is 10.6 Å². The number of nitrogens with one attached hydrogen (secondary N) is 2. The summed E-state index contributed by atoms with van der Waals surface area (Å²) < 4.78 is 0. The van der Waals surface area contributed by atoms with Gasteiger partial charge >= 0.3 is 0 Å². The Kier molecular flexibility index (Phi) is 6.74. The topological polar surface area (TPSA) is 58.2 Å². The smallest absolute Gasteiger partial charge is 0.255 e. The zero-order valence-electron chi connectivity index (χ0n) is 15.2. The van der Waals surface area contributed by atoms with Gasteiger partial charge in [0.15, 0.2) is 0 Å². The van der Waals surface area contributed by atoms with Crippen LogP contribution < -0.4 is 10.6 Å². The molecule has 142 valence electrons. The molecule has 0 saturated carbocycles. The maximum Gasteiger partial charge on any atom is 0.255 e. The first-order valence-corrected chi connectivity index (χ1v) is 10.0. The summed E-state index contributed by atoms with van der Waals surface area (Å²) in [6.07, 6.45) is 0. The highest BCUT2D eigenvalue weighted by atomic mass is 35.5. The summed E-state index contributed by atoms with van der Waals surface area (Å²) in [7, 11) is 0. The van der Waals surface area contributed by atoms with E-state index in [2.05, 4.69) is 10.6 Å². The van der Waals surface area contributed by atoms with E-state index in [1.807, 2.05) is 55.5 Å². The summed E-state index contributed by atoms with van der Waals surface area (Å²) in [6.45, 7) is 1.98. The average molecular weight is 411 g/mol. The molecule has 28 heavy (non-hydrogen) atoms. The van der Waals surface area contributed by atoms with Crippen molar-refractivity contribution >= 4 is 46.6 Å². The number of benzene rings is 3. The second-order valence-electron chi connectivity index (χ2n) is 6.20. The summed E-state index contributed by atoms with van der Waals surface area (Å²) in [6, 6.07) is 21.8. The molecule has 0 spiro atoms. The maximum absolute atomic E-state index is 12.2. The molecule has 0 aromatic heterocycles. The molecule has 0 saturated heterocycles. The number of hydrogen-bond donors (Lipinski definition) is 2. The first-order valence-electron chi connectivity index (χ1n) is 8.66. The van der Waals surface area contributed by atoms with Gasteiger partial charge in [0.2, 0.25) is 5.91 Å². The first-order chi connectivity index (χ1) is 13.5. The molecule has 0 aliphatic heterocycles. The molecule has 3 aromatic carbocycles. The molecule has 0 radical (unpaired) electrons. The molecule has 0 aliphatic carbocycles. The quantitative estimate of drug-likeness (QED) is 0.517. The number of thioether (sulfide) groups is 1. The Morgan fingerprint density at radius 2 is 1.64 bits per heavy atom. The number of halogens is 1. The molecule has 0 bridgehead atoms. The van der Waals surface area contributed by atoms with Crippen molar-refractivity contribution < 1.29 is 9.59 Å². The fourth-order valence-electron chi connectivity index (χ4n) is 2.54. The molecule has 0 heterocycles. The van der Waals surface area contributed by atoms with Gasteiger partial charge in [-0.1, -0.05) is 29.8 Å². The minimum absolute atomic E-state index is 0.0612. The lowest BCUT2D eigenvalue weighted by molar-refractivity contribution is -0.113. The van der Waals surface area contributed by atoms with Gasteiger partial charge in [-0.2, -0.15) is 0 Å². The lowest BCUT2D eigenvalue weighted by Crippen LogP contribution is -2.14. The zero-order chi connectivity index (χ0) is 19.9. The van der Waals surface area contributed by atoms with Crippen LogP contribution in [-0.2, 0) is 4.79 Å². The van der Waals surface area contributed by atoms with Crippen LogP contribution in [0.5, 0.6) is 0 Å². The molecule has 2 amide bonds. The maximum atomic E-state index is 12.2. The van der Waals surface area contributed by atoms with Crippen molar-refractivity contribution in [2.75, 3.05) is 16.4 Å². The van der Waals surface area contributed by atoms with Crippen LogP contribution >= 0.6 is 23.4 Å². The number of rotatable bonds is 6. The van der Waals surface area contributed by atoms with Crippen LogP contribution in [-0.4, -0.2) is 17.6 Å². The highest BCUT2D eigenvalue weighted by molar-refractivity contribution is 8.00. The van der Waals surface area contributed by atoms with Crippen molar-refractivity contribution in [3.63, 3.8) is 0 Å². The molecule has 3 aromatic rings. The van der Waals surface area contributed by atoms with Crippen molar-refractivity contribution in [1.82, 2.24) is 0 Å². The standard InChI is InChI=1S/C22H19ClN2O2S/c1-15-4-2-7-19(12-15)24-21(26)14-28-20-10-8-18(9-11-20)25-22(27)16-5-3-6-17(23)13-16/h2-13H,14H2,1H3,(H,24,26)(H,25,27). The minimum Gasteiger partial charge on any atom is -0.325 e. The predicted molar refractivity (Wildman–Crippen MR) is 116 cm³/mol. The van der Waals surface area contributed by atoms with E-state index >= 15 is 0 Å². The average Bonchev–Trinajstić information content (AvgIpc) is 2.67. The Balaban J connectivity index is 1.51. The van der Waals surface area contributed by atoms with E-state index in [0.717, 1.165) is 16.1 Å². The normalized spacial score (nSPS) is 10.4. The van der Waals surface area contributed by atoms with Crippen LogP contribution in [0.15, 0.2) is 77.7 Å². The Labute approximate surface area is 173 Å². The van der Waals surface area contributed by atoms with Crippen LogP contribution in [0.25, 0.3) is 0 Å². The molecule has 0 aliphatic rings. The van der Waals surface area contributed by atoms with Gasteiger partial charge in [-0.25, -0.2) is 0 Å². The Bertz CT molecular complexity index is 990. The van der Waals surface area contributed by atoms with Gasteiger partial charge in [0.25, 0.3) is 5.91 Å². The third-order valence-corrected chi connectivity index (χ3v) is 5.12. The fraction of sp³-hybridized carbons (Fsp3) is 0.0909. The van der Waals surface area contributed by atoms with Gasteiger partial charge in [-0.05, 0) is 67.1 Å². The fourth-order valence-corrected chi connectivity index (χ4v) is 3.42. The molecule has 6 heteroatoms. The lowest BCUT2D eigenvalue weighted by atomic mass is 10.2. The van der Waals surface area contributed by atoms with Crippen LogP contribution in [0.2, 0.25) is 5.02 Å². The monoisotopic (exact) mass is 410 g/mol. The Morgan fingerprint density at radius 3 is 2.36 bits per heavy atom. The summed E-state index contributed by atoms with van der Waals surface area (Å²) in [5, 5.41) is 6.23. The molecule has 2 N–H and O–H groups in total. The second kappa shape index (κ2) is 9.44. The van der Waals surface area contributed by atoms with Crippen molar-refractivity contribution in [2.24, 2.45) is 0 Å². The van der Waals surface area contributed by atoms with Crippen molar-refractivity contribution in [1.29, 1.82) is 0 Å². The zero-order valence-corrected chi connectivity index (χ0v) is 16.8. The Hall–Kier alpha value is -2.76. The summed E-state index contributed by atoms with van der Waals surface area (Å²) >= 11 is 7.35. The van der Waals surface area contributed by atoms with Gasteiger partial charge in [0, 0.05) is 26.9 Å². The SMILES string of the molecule is Cc1cccc(NC(=O)CSc2ccc(NC(=O)c3cccc(Cl)c3)cc2)c1. The van der Waals surface area contributed by atoms with Crippen molar-refractivity contribution in [2.45, 2.75) is 11.8 Å². The van der Waals surface area contributed by atoms with Crippen LogP contribution in [0, 0.1) is 6.92 Å². The molecular formula is C22H19ClN2O2S. The van der Waals surface area contributed by atoms with Crippen LogP contribution in [0.1, 0.15) is 15.9 Å².